The molecule has 1 aliphatic rings. The van der Waals surface area contributed by atoms with Crippen LogP contribution in [0.3, 0.4) is 0 Å². The Labute approximate surface area is 90.4 Å². The van der Waals surface area contributed by atoms with Gasteiger partial charge in [0.05, 0.1) is 6.61 Å². The van der Waals surface area contributed by atoms with E-state index in [9.17, 15) is 9.59 Å². The molecule has 1 rings (SSSR count). The third-order valence-electron chi connectivity index (χ3n) is 3.35. The molecule has 1 N–H and O–H groups in total. The van der Waals surface area contributed by atoms with E-state index in [2.05, 4.69) is 5.32 Å². The second kappa shape index (κ2) is 4.21. The van der Waals surface area contributed by atoms with Gasteiger partial charge in [0.25, 0.3) is 0 Å². The van der Waals surface area contributed by atoms with Crippen LogP contribution in [0.4, 0.5) is 0 Å². The molecule has 4 nitrogen and oxygen atoms in total. The van der Waals surface area contributed by atoms with Gasteiger partial charge in [-0.25, -0.2) is 4.79 Å². The van der Waals surface area contributed by atoms with Gasteiger partial charge < -0.3 is 10.1 Å². The van der Waals surface area contributed by atoms with Crippen molar-refractivity contribution in [3.8, 4) is 0 Å². The van der Waals surface area contributed by atoms with Crippen LogP contribution in [0.1, 0.15) is 34.1 Å². The van der Waals surface area contributed by atoms with Crippen molar-refractivity contribution in [3.05, 3.63) is 0 Å². The maximum Gasteiger partial charge on any atom is 0.329 e. The van der Waals surface area contributed by atoms with Crippen LogP contribution in [0.25, 0.3) is 0 Å². The van der Waals surface area contributed by atoms with E-state index in [1.54, 1.807) is 6.92 Å². The first kappa shape index (κ1) is 12.0. The zero-order valence-electron chi connectivity index (χ0n) is 9.79. The fourth-order valence-corrected chi connectivity index (χ4v) is 1.92. The van der Waals surface area contributed by atoms with E-state index >= 15 is 0 Å². The molecule has 0 aromatic rings. The molecule has 86 valence electrons. The van der Waals surface area contributed by atoms with Gasteiger partial charge in [-0.1, -0.05) is 20.8 Å². The predicted octanol–water partition coefficient (Wildman–Crippen LogP) is 1.10. The van der Waals surface area contributed by atoms with Crippen molar-refractivity contribution in [1.82, 2.24) is 5.32 Å². The molecule has 2 unspecified atom stereocenters. The van der Waals surface area contributed by atoms with Crippen LogP contribution in [0, 0.1) is 11.3 Å². The molecule has 0 aliphatic carbocycles. The first-order valence-corrected chi connectivity index (χ1v) is 5.37. The number of rotatable bonds is 3. The van der Waals surface area contributed by atoms with Crippen molar-refractivity contribution in [3.63, 3.8) is 0 Å². The predicted molar refractivity (Wildman–Crippen MR) is 56.1 cm³/mol. The smallest absolute Gasteiger partial charge is 0.329 e. The van der Waals surface area contributed by atoms with Crippen LogP contribution in [0.5, 0.6) is 0 Å². The first-order chi connectivity index (χ1) is 6.91. The lowest BCUT2D eigenvalue weighted by molar-refractivity contribution is -0.149. The standard InChI is InChI=1S/C11H19NO3/c1-5-15-10(14)9-11(4,7(2)3)6-8(13)12-9/h7,9H,5-6H2,1-4H3,(H,12,13). The van der Waals surface area contributed by atoms with Crippen LogP contribution >= 0.6 is 0 Å². The molecule has 0 spiro atoms. The monoisotopic (exact) mass is 213 g/mol. The van der Waals surface area contributed by atoms with Crippen molar-refractivity contribution >= 4 is 11.9 Å². The summed E-state index contributed by atoms with van der Waals surface area (Å²) in [5, 5.41) is 2.70. The number of carbonyl (C=O) groups excluding carboxylic acids is 2. The van der Waals surface area contributed by atoms with E-state index < -0.39 is 6.04 Å². The molecule has 1 saturated heterocycles. The Balaban J connectivity index is 2.86. The van der Waals surface area contributed by atoms with E-state index in [4.69, 9.17) is 4.74 Å². The summed E-state index contributed by atoms with van der Waals surface area (Å²) in [6, 6.07) is -0.495. The minimum Gasteiger partial charge on any atom is -0.464 e. The summed E-state index contributed by atoms with van der Waals surface area (Å²) in [5.41, 5.74) is -0.330. The van der Waals surface area contributed by atoms with Crippen molar-refractivity contribution in [2.24, 2.45) is 11.3 Å². The number of ether oxygens (including phenoxy) is 1. The average molecular weight is 213 g/mol. The second-order valence-corrected chi connectivity index (χ2v) is 4.59. The van der Waals surface area contributed by atoms with Crippen molar-refractivity contribution in [2.75, 3.05) is 6.61 Å². The Morgan fingerprint density at radius 1 is 1.67 bits per heavy atom. The van der Waals surface area contributed by atoms with Gasteiger partial charge in [0.2, 0.25) is 5.91 Å². The van der Waals surface area contributed by atoms with Crippen LogP contribution in [0.2, 0.25) is 0 Å². The Hall–Kier alpha value is -1.06. The van der Waals surface area contributed by atoms with E-state index in [0.717, 1.165) is 0 Å². The summed E-state index contributed by atoms with van der Waals surface area (Å²) in [4.78, 5) is 23.0. The van der Waals surface area contributed by atoms with Gasteiger partial charge in [0, 0.05) is 11.8 Å². The molecule has 1 fully saturated rings. The van der Waals surface area contributed by atoms with Crippen molar-refractivity contribution < 1.29 is 14.3 Å². The molecule has 0 saturated carbocycles. The Bertz CT molecular complexity index is 275. The average Bonchev–Trinajstić information content (AvgIpc) is 2.43. The summed E-state index contributed by atoms with van der Waals surface area (Å²) in [6.07, 6.45) is 0.397. The Morgan fingerprint density at radius 3 is 2.73 bits per heavy atom. The quantitative estimate of drug-likeness (QED) is 0.714. The van der Waals surface area contributed by atoms with E-state index in [1.807, 2.05) is 20.8 Å². The van der Waals surface area contributed by atoms with Gasteiger partial charge in [0.1, 0.15) is 6.04 Å². The fraction of sp³-hybridized carbons (Fsp3) is 0.818. The number of carbonyl (C=O) groups is 2. The summed E-state index contributed by atoms with van der Waals surface area (Å²) < 4.78 is 4.97. The van der Waals surface area contributed by atoms with Gasteiger partial charge in [-0.2, -0.15) is 0 Å². The van der Waals surface area contributed by atoms with Crippen LogP contribution in [0.15, 0.2) is 0 Å². The minimum atomic E-state index is -0.495. The lowest BCUT2D eigenvalue weighted by Crippen LogP contribution is -2.45. The van der Waals surface area contributed by atoms with Gasteiger partial charge in [-0.3, -0.25) is 4.79 Å². The highest BCUT2D eigenvalue weighted by Gasteiger charge is 2.49. The molecule has 15 heavy (non-hydrogen) atoms. The van der Waals surface area contributed by atoms with Gasteiger partial charge in [0.15, 0.2) is 0 Å². The summed E-state index contributed by atoms with van der Waals surface area (Å²) in [5.74, 6) is -0.130. The highest BCUT2D eigenvalue weighted by atomic mass is 16.5. The first-order valence-electron chi connectivity index (χ1n) is 5.37. The summed E-state index contributed by atoms with van der Waals surface area (Å²) >= 11 is 0. The van der Waals surface area contributed by atoms with Gasteiger partial charge in [-0.15, -0.1) is 0 Å². The molecule has 1 amide bonds. The number of nitrogens with one attached hydrogen (secondary N) is 1. The third-order valence-corrected chi connectivity index (χ3v) is 3.35. The number of esters is 1. The highest BCUT2D eigenvalue weighted by molar-refractivity contribution is 5.89. The molecule has 0 aromatic heterocycles. The minimum absolute atomic E-state index is 0.0655. The highest BCUT2D eigenvalue weighted by Crippen LogP contribution is 2.39. The topological polar surface area (TPSA) is 55.4 Å². The molecular weight excluding hydrogens is 194 g/mol. The maximum absolute atomic E-state index is 11.7. The normalized spacial score (nSPS) is 30.5. The molecule has 0 aromatic carbocycles. The Kier molecular flexibility index (Phi) is 3.37. The summed E-state index contributed by atoms with van der Waals surface area (Å²) in [6.45, 7) is 8.11. The fourth-order valence-electron chi connectivity index (χ4n) is 1.92. The Morgan fingerprint density at radius 2 is 2.27 bits per heavy atom. The molecule has 0 radical (unpaired) electrons. The molecule has 2 atom stereocenters. The van der Waals surface area contributed by atoms with E-state index in [1.165, 1.54) is 0 Å². The molecule has 1 aliphatic heterocycles. The number of hydrogen-bond acceptors (Lipinski definition) is 3. The lowest BCUT2D eigenvalue weighted by Gasteiger charge is -2.32. The van der Waals surface area contributed by atoms with E-state index in [-0.39, 0.29) is 23.2 Å². The molecular formula is C11H19NO3. The van der Waals surface area contributed by atoms with Crippen molar-refractivity contribution in [1.29, 1.82) is 0 Å². The molecule has 4 heteroatoms. The van der Waals surface area contributed by atoms with Crippen LogP contribution < -0.4 is 5.32 Å². The number of hydrogen-bond donors (Lipinski definition) is 1. The third kappa shape index (κ3) is 2.13. The van der Waals surface area contributed by atoms with Crippen LogP contribution in [-0.2, 0) is 14.3 Å². The van der Waals surface area contributed by atoms with Crippen molar-refractivity contribution in [2.45, 2.75) is 40.2 Å². The second-order valence-electron chi connectivity index (χ2n) is 4.59. The molecule has 0 bridgehead atoms. The van der Waals surface area contributed by atoms with Crippen LogP contribution in [-0.4, -0.2) is 24.5 Å². The zero-order chi connectivity index (χ0) is 11.6. The SMILES string of the molecule is CCOC(=O)C1NC(=O)CC1(C)C(C)C. The molecule has 1 heterocycles. The van der Waals surface area contributed by atoms with E-state index in [0.29, 0.717) is 13.0 Å². The maximum atomic E-state index is 11.7. The number of amides is 1. The lowest BCUT2D eigenvalue weighted by atomic mass is 9.73. The van der Waals surface area contributed by atoms with Gasteiger partial charge >= 0.3 is 5.97 Å². The van der Waals surface area contributed by atoms with Gasteiger partial charge in [-0.05, 0) is 12.8 Å². The zero-order valence-corrected chi connectivity index (χ0v) is 9.79. The largest absolute Gasteiger partial charge is 0.464 e. The summed E-state index contributed by atoms with van der Waals surface area (Å²) in [7, 11) is 0.